The number of nitrogens with one attached hydrogen (secondary N) is 1. The molecule has 94 valence electrons. The highest BCUT2D eigenvalue weighted by atomic mass is 35.5. The SMILES string of the molecule is CCOC(=O)C12CCC(CNC1)C2(F)F.Cl. The Morgan fingerprint density at radius 1 is 1.56 bits per heavy atom. The van der Waals surface area contributed by atoms with Gasteiger partial charge in [0.25, 0.3) is 5.92 Å². The summed E-state index contributed by atoms with van der Waals surface area (Å²) in [5.41, 5.74) is -1.61. The summed E-state index contributed by atoms with van der Waals surface area (Å²) in [6.07, 6.45) is 0.634. The zero-order valence-corrected chi connectivity index (χ0v) is 9.91. The maximum atomic E-state index is 13.9. The van der Waals surface area contributed by atoms with Crippen molar-refractivity contribution in [1.82, 2.24) is 5.32 Å². The molecule has 2 atom stereocenters. The van der Waals surface area contributed by atoms with Crippen LogP contribution in [-0.4, -0.2) is 31.6 Å². The van der Waals surface area contributed by atoms with Gasteiger partial charge in [-0.2, -0.15) is 0 Å². The number of fused-ring (bicyclic) bond motifs is 2. The van der Waals surface area contributed by atoms with Crippen LogP contribution in [-0.2, 0) is 9.53 Å². The predicted molar refractivity (Wildman–Crippen MR) is 56.9 cm³/mol. The Balaban J connectivity index is 0.00000128. The van der Waals surface area contributed by atoms with Crippen molar-refractivity contribution >= 4 is 18.4 Å². The van der Waals surface area contributed by atoms with Crippen molar-refractivity contribution in [3.8, 4) is 0 Å². The van der Waals surface area contributed by atoms with Crippen molar-refractivity contribution in [2.24, 2.45) is 11.3 Å². The largest absolute Gasteiger partial charge is 0.465 e. The van der Waals surface area contributed by atoms with Gasteiger partial charge in [-0.25, -0.2) is 8.78 Å². The van der Waals surface area contributed by atoms with E-state index in [-0.39, 0.29) is 32.0 Å². The average Bonchev–Trinajstić information content (AvgIpc) is 2.40. The first-order valence-electron chi connectivity index (χ1n) is 5.30. The van der Waals surface area contributed by atoms with Crippen LogP contribution in [0.3, 0.4) is 0 Å². The van der Waals surface area contributed by atoms with E-state index in [1.165, 1.54) is 0 Å². The molecule has 2 rings (SSSR count). The molecular formula is C10H16ClF2NO2. The second-order valence-corrected chi connectivity index (χ2v) is 4.29. The predicted octanol–water partition coefficient (Wildman–Crippen LogP) is 1.61. The molecule has 6 heteroatoms. The monoisotopic (exact) mass is 255 g/mol. The second-order valence-electron chi connectivity index (χ2n) is 4.29. The van der Waals surface area contributed by atoms with Gasteiger partial charge in [-0.05, 0) is 19.8 Å². The van der Waals surface area contributed by atoms with E-state index >= 15 is 0 Å². The highest BCUT2D eigenvalue weighted by Crippen LogP contribution is 2.55. The minimum atomic E-state index is -2.91. The van der Waals surface area contributed by atoms with Gasteiger partial charge in [0.2, 0.25) is 0 Å². The van der Waals surface area contributed by atoms with Gasteiger partial charge in [-0.1, -0.05) is 0 Å². The Morgan fingerprint density at radius 2 is 2.25 bits per heavy atom. The molecule has 0 amide bonds. The fourth-order valence-electron chi connectivity index (χ4n) is 2.64. The Morgan fingerprint density at radius 3 is 2.88 bits per heavy atom. The van der Waals surface area contributed by atoms with Gasteiger partial charge in [0.1, 0.15) is 5.41 Å². The summed E-state index contributed by atoms with van der Waals surface area (Å²) in [4.78, 5) is 11.7. The fraction of sp³-hybridized carbons (Fsp3) is 0.900. The third-order valence-corrected chi connectivity index (χ3v) is 3.55. The van der Waals surface area contributed by atoms with Crippen molar-refractivity contribution in [2.45, 2.75) is 25.7 Å². The molecule has 1 N–H and O–H groups in total. The Labute approximate surface area is 99.3 Å². The Hall–Kier alpha value is -0.420. The number of halogens is 3. The summed E-state index contributed by atoms with van der Waals surface area (Å²) in [6, 6.07) is 0. The molecule has 0 aromatic heterocycles. The van der Waals surface area contributed by atoms with Crippen LogP contribution in [0.2, 0.25) is 0 Å². The lowest BCUT2D eigenvalue weighted by molar-refractivity contribution is -0.190. The van der Waals surface area contributed by atoms with Crippen molar-refractivity contribution < 1.29 is 18.3 Å². The lowest BCUT2D eigenvalue weighted by Crippen LogP contribution is -2.58. The van der Waals surface area contributed by atoms with Crippen molar-refractivity contribution in [1.29, 1.82) is 0 Å². The molecule has 0 radical (unpaired) electrons. The number of hydrogen-bond donors (Lipinski definition) is 1. The van der Waals surface area contributed by atoms with Crippen molar-refractivity contribution in [3.63, 3.8) is 0 Å². The minimum Gasteiger partial charge on any atom is -0.465 e. The number of ether oxygens (including phenoxy) is 1. The van der Waals surface area contributed by atoms with E-state index in [1.807, 2.05) is 0 Å². The van der Waals surface area contributed by atoms with Crippen LogP contribution < -0.4 is 5.32 Å². The van der Waals surface area contributed by atoms with Gasteiger partial charge in [-0.15, -0.1) is 12.4 Å². The number of rotatable bonds is 2. The van der Waals surface area contributed by atoms with Gasteiger partial charge >= 0.3 is 5.97 Å². The summed E-state index contributed by atoms with van der Waals surface area (Å²) in [5.74, 6) is -4.37. The molecule has 2 bridgehead atoms. The summed E-state index contributed by atoms with van der Waals surface area (Å²) in [7, 11) is 0. The molecule has 2 unspecified atom stereocenters. The van der Waals surface area contributed by atoms with E-state index in [0.29, 0.717) is 13.0 Å². The molecule has 0 aromatic rings. The molecule has 2 fully saturated rings. The van der Waals surface area contributed by atoms with Gasteiger partial charge in [0.15, 0.2) is 0 Å². The lowest BCUT2D eigenvalue weighted by Gasteiger charge is -2.39. The van der Waals surface area contributed by atoms with Gasteiger partial charge < -0.3 is 10.1 Å². The summed E-state index contributed by atoms with van der Waals surface area (Å²) in [6.45, 7) is 2.13. The Kier molecular flexibility index (Phi) is 3.80. The molecule has 0 aromatic carbocycles. The molecule has 0 spiro atoms. The number of carbonyl (C=O) groups is 1. The topological polar surface area (TPSA) is 38.3 Å². The first-order valence-corrected chi connectivity index (χ1v) is 5.30. The molecule has 16 heavy (non-hydrogen) atoms. The van der Waals surface area contributed by atoms with E-state index in [1.54, 1.807) is 6.92 Å². The molecule has 1 saturated heterocycles. The summed E-state index contributed by atoms with van der Waals surface area (Å²) >= 11 is 0. The van der Waals surface area contributed by atoms with E-state index in [0.717, 1.165) is 0 Å². The third kappa shape index (κ3) is 1.61. The van der Waals surface area contributed by atoms with Crippen molar-refractivity contribution in [2.75, 3.05) is 19.7 Å². The Bertz CT molecular complexity index is 284. The van der Waals surface area contributed by atoms with E-state index in [4.69, 9.17) is 4.74 Å². The zero-order valence-electron chi connectivity index (χ0n) is 9.09. The maximum Gasteiger partial charge on any atom is 0.319 e. The number of carbonyl (C=O) groups excluding carboxylic acids is 1. The standard InChI is InChI=1S/C10H15F2NO2.ClH/c1-2-15-8(14)9-4-3-7(5-13-6-9)10(9,11)12;/h7,13H,2-6H2,1H3;1H. The quantitative estimate of drug-likeness (QED) is 0.762. The first-order chi connectivity index (χ1) is 7.04. The van der Waals surface area contributed by atoms with Crippen LogP contribution in [0.15, 0.2) is 0 Å². The number of hydrogen-bond acceptors (Lipinski definition) is 3. The molecule has 2 aliphatic rings. The molecule has 1 aliphatic carbocycles. The molecule has 1 aliphatic heterocycles. The fourth-order valence-corrected chi connectivity index (χ4v) is 2.64. The number of piperidine rings is 1. The van der Waals surface area contributed by atoms with E-state index in [9.17, 15) is 13.6 Å². The summed E-state index contributed by atoms with van der Waals surface area (Å²) < 4.78 is 32.7. The van der Waals surface area contributed by atoms with Crippen LogP contribution >= 0.6 is 12.4 Å². The van der Waals surface area contributed by atoms with Crippen LogP contribution in [0.25, 0.3) is 0 Å². The minimum absolute atomic E-state index is 0. The maximum absolute atomic E-state index is 13.9. The molecule has 3 nitrogen and oxygen atoms in total. The number of esters is 1. The molecule has 1 heterocycles. The van der Waals surface area contributed by atoms with Crippen LogP contribution in [0.5, 0.6) is 0 Å². The smallest absolute Gasteiger partial charge is 0.319 e. The highest BCUT2D eigenvalue weighted by molar-refractivity contribution is 5.85. The average molecular weight is 256 g/mol. The van der Waals surface area contributed by atoms with Gasteiger partial charge in [0.05, 0.1) is 6.61 Å². The molecular weight excluding hydrogens is 240 g/mol. The number of alkyl halides is 2. The van der Waals surface area contributed by atoms with Crippen molar-refractivity contribution in [3.05, 3.63) is 0 Å². The highest BCUT2D eigenvalue weighted by Gasteiger charge is 2.69. The third-order valence-electron chi connectivity index (χ3n) is 3.55. The van der Waals surface area contributed by atoms with Gasteiger partial charge in [0, 0.05) is 19.0 Å². The van der Waals surface area contributed by atoms with Crippen LogP contribution in [0.4, 0.5) is 8.78 Å². The first kappa shape index (κ1) is 13.6. The lowest BCUT2D eigenvalue weighted by atomic mass is 9.79. The van der Waals surface area contributed by atoms with E-state index < -0.39 is 23.2 Å². The normalized spacial score (nSPS) is 35.3. The van der Waals surface area contributed by atoms with E-state index in [2.05, 4.69) is 5.32 Å². The zero-order chi connectivity index (χ0) is 11.1. The second kappa shape index (κ2) is 4.45. The van der Waals surface area contributed by atoms with Crippen LogP contribution in [0, 0.1) is 11.3 Å². The molecule has 1 saturated carbocycles. The summed E-state index contributed by atoms with van der Waals surface area (Å²) in [5, 5.41) is 2.90. The van der Waals surface area contributed by atoms with Gasteiger partial charge in [-0.3, -0.25) is 4.79 Å². The van der Waals surface area contributed by atoms with Crippen LogP contribution in [0.1, 0.15) is 19.8 Å².